The Morgan fingerprint density at radius 1 is 1.35 bits per heavy atom. The van der Waals surface area contributed by atoms with E-state index in [1.54, 1.807) is 25.1 Å². The van der Waals surface area contributed by atoms with Gasteiger partial charge >= 0.3 is 6.09 Å². The third-order valence-corrected chi connectivity index (χ3v) is 3.30. The molecule has 0 aliphatic rings. The fourth-order valence-corrected chi connectivity index (χ4v) is 1.96. The monoisotopic (exact) mass is 337 g/mol. The molecule has 0 saturated carbocycles. The van der Waals surface area contributed by atoms with Crippen molar-refractivity contribution in [3.8, 4) is 0 Å². The van der Waals surface area contributed by atoms with E-state index in [0.29, 0.717) is 10.7 Å². The van der Waals surface area contributed by atoms with Gasteiger partial charge in [-0.25, -0.2) is 9.48 Å². The lowest BCUT2D eigenvalue weighted by molar-refractivity contribution is -0.116. The molecule has 0 radical (unpaired) electrons. The van der Waals surface area contributed by atoms with E-state index < -0.39 is 6.09 Å². The Kier molecular flexibility index (Phi) is 5.53. The van der Waals surface area contributed by atoms with E-state index in [4.69, 9.17) is 16.3 Å². The van der Waals surface area contributed by atoms with E-state index in [2.05, 4.69) is 20.9 Å². The van der Waals surface area contributed by atoms with Crippen molar-refractivity contribution in [1.29, 1.82) is 0 Å². The number of rotatable bonds is 5. The van der Waals surface area contributed by atoms with Crippen molar-refractivity contribution in [2.75, 3.05) is 17.2 Å². The summed E-state index contributed by atoms with van der Waals surface area (Å²) >= 11 is 6.00. The highest BCUT2D eigenvalue weighted by molar-refractivity contribution is 6.31. The van der Waals surface area contributed by atoms with Gasteiger partial charge in [-0.15, -0.1) is 5.10 Å². The van der Waals surface area contributed by atoms with Crippen LogP contribution in [0.4, 0.5) is 16.3 Å². The minimum absolute atomic E-state index is 0.0521. The maximum absolute atomic E-state index is 12.0. The van der Waals surface area contributed by atoms with Crippen molar-refractivity contribution in [2.45, 2.75) is 20.4 Å². The predicted octanol–water partition coefficient (Wildman–Crippen LogP) is 2.45. The number of hydrogen-bond acceptors (Lipinski definition) is 5. The summed E-state index contributed by atoms with van der Waals surface area (Å²) in [6, 6.07) is 5.26. The van der Waals surface area contributed by atoms with Crippen molar-refractivity contribution in [3.05, 3.63) is 35.0 Å². The SMILES string of the molecule is CCOC(=O)Nc1cn(CC(=O)Nc2cccc(Cl)c2C)nn1. The van der Waals surface area contributed by atoms with Gasteiger partial charge in [-0.1, -0.05) is 22.9 Å². The molecule has 2 N–H and O–H groups in total. The molecular formula is C14H16ClN5O3. The lowest BCUT2D eigenvalue weighted by Crippen LogP contribution is -2.19. The smallest absolute Gasteiger partial charge is 0.412 e. The number of carbonyl (C=O) groups is 2. The summed E-state index contributed by atoms with van der Waals surface area (Å²) < 4.78 is 6.02. The molecule has 122 valence electrons. The summed E-state index contributed by atoms with van der Waals surface area (Å²) in [6.07, 6.45) is 0.806. The fraction of sp³-hybridized carbons (Fsp3) is 0.286. The van der Waals surface area contributed by atoms with Gasteiger partial charge in [-0.05, 0) is 31.5 Å². The Labute approximate surface area is 137 Å². The van der Waals surface area contributed by atoms with Crippen LogP contribution in [0.2, 0.25) is 5.02 Å². The summed E-state index contributed by atoms with van der Waals surface area (Å²) in [6.45, 7) is 3.71. The molecule has 1 aromatic heterocycles. The van der Waals surface area contributed by atoms with Crippen LogP contribution in [0.3, 0.4) is 0 Å². The van der Waals surface area contributed by atoms with Crippen LogP contribution in [0.5, 0.6) is 0 Å². The molecular weight excluding hydrogens is 322 g/mol. The molecule has 0 aliphatic carbocycles. The number of ether oxygens (including phenoxy) is 1. The number of benzene rings is 1. The second kappa shape index (κ2) is 7.59. The summed E-state index contributed by atoms with van der Waals surface area (Å²) in [5, 5.41) is 13.2. The van der Waals surface area contributed by atoms with Gasteiger partial charge < -0.3 is 10.1 Å². The van der Waals surface area contributed by atoms with Crippen molar-refractivity contribution in [1.82, 2.24) is 15.0 Å². The van der Waals surface area contributed by atoms with Crippen molar-refractivity contribution < 1.29 is 14.3 Å². The van der Waals surface area contributed by atoms with Crippen LogP contribution in [0.15, 0.2) is 24.4 Å². The Balaban J connectivity index is 1.94. The van der Waals surface area contributed by atoms with Crippen LogP contribution < -0.4 is 10.6 Å². The van der Waals surface area contributed by atoms with Crippen LogP contribution >= 0.6 is 11.6 Å². The molecule has 0 unspecified atom stereocenters. The average molecular weight is 338 g/mol. The predicted molar refractivity (Wildman–Crippen MR) is 85.5 cm³/mol. The summed E-state index contributed by atoms with van der Waals surface area (Å²) in [4.78, 5) is 23.3. The normalized spacial score (nSPS) is 10.2. The molecule has 23 heavy (non-hydrogen) atoms. The zero-order valence-corrected chi connectivity index (χ0v) is 13.4. The van der Waals surface area contributed by atoms with Gasteiger partial charge in [-0.3, -0.25) is 10.1 Å². The van der Waals surface area contributed by atoms with Gasteiger partial charge in [-0.2, -0.15) is 0 Å². The fourth-order valence-electron chi connectivity index (χ4n) is 1.78. The summed E-state index contributed by atoms with van der Waals surface area (Å²) in [5.74, 6) is -0.0851. The first-order chi connectivity index (χ1) is 11.0. The molecule has 0 saturated heterocycles. The lowest BCUT2D eigenvalue weighted by Gasteiger charge is -2.09. The second-order valence-electron chi connectivity index (χ2n) is 4.61. The molecule has 2 rings (SSSR count). The van der Waals surface area contributed by atoms with Gasteiger partial charge in [0.1, 0.15) is 6.54 Å². The van der Waals surface area contributed by atoms with E-state index >= 15 is 0 Å². The zero-order valence-electron chi connectivity index (χ0n) is 12.7. The van der Waals surface area contributed by atoms with Crippen molar-refractivity contribution >= 4 is 35.1 Å². The van der Waals surface area contributed by atoms with Crippen LogP contribution in [0.1, 0.15) is 12.5 Å². The van der Waals surface area contributed by atoms with Crippen LogP contribution in [0, 0.1) is 6.92 Å². The number of aromatic nitrogens is 3. The minimum Gasteiger partial charge on any atom is -0.450 e. The molecule has 2 amide bonds. The Morgan fingerprint density at radius 2 is 2.13 bits per heavy atom. The lowest BCUT2D eigenvalue weighted by atomic mass is 10.2. The maximum Gasteiger partial charge on any atom is 0.412 e. The zero-order chi connectivity index (χ0) is 16.8. The number of hydrogen-bond donors (Lipinski definition) is 2. The Bertz CT molecular complexity index is 716. The van der Waals surface area contributed by atoms with Crippen LogP contribution in [-0.2, 0) is 16.1 Å². The summed E-state index contributed by atoms with van der Waals surface area (Å²) in [7, 11) is 0. The van der Waals surface area contributed by atoms with E-state index in [0.717, 1.165) is 5.56 Å². The molecule has 0 aliphatic heterocycles. The van der Waals surface area contributed by atoms with Crippen LogP contribution in [-0.4, -0.2) is 33.6 Å². The van der Waals surface area contributed by atoms with Crippen molar-refractivity contribution in [2.24, 2.45) is 0 Å². The highest BCUT2D eigenvalue weighted by Gasteiger charge is 2.10. The number of nitrogens with zero attached hydrogens (tertiary/aromatic N) is 3. The minimum atomic E-state index is -0.626. The van der Waals surface area contributed by atoms with E-state index in [1.165, 1.54) is 10.9 Å². The first-order valence-corrected chi connectivity index (χ1v) is 7.26. The van der Waals surface area contributed by atoms with Gasteiger partial charge in [0, 0.05) is 10.7 Å². The summed E-state index contributed by atoms with van der Waals surface area (Å²) in [5.41, 5.74) is 1.42. The van der Waals surface area contributed by atoms with E-state index in [-0.39, 0.29) is 24.9 Å². The topological polar surface area (TPSA) is 98.1 Å². The van der Waals surface area contributed by atoms with E-state index in [9.17, 15) is 9.59 Å². The molecule has 9 heteroatoms. The molecule has 1 heterocycles. The third-order valence-electron chi connectivity index (χ3n) is 2.89. The number of nitrogens with one attached hydrogen (secondary N) is 2. The van der Waals surface area contributed by atoms with Crippen LogP contribution in [0.25, 0.3) is 0 Å². The standard InChI is InChI=1S/C14H16ClN5O3/c1-3-23-14(22)17-12-7-20(19-18-12)8-13(21)16-11-6-4-5-10(15)9(11)2/h4-7H,3,8H2,1-2H3,(H,16,21)(H,17,22). The first-order valence-electron chi connectivity index (χ1n) is 6.88. The van der Waals surface area contributed by atoms with E-state index in [1.807, 2.05) is 6.92 Å². The number of anilines is 2. The van der Waals surface area contributed by atoms with Gasteiger partial charge in [0.2, 0.25) is 5.91 Å². The molecule has 1 aromatic carbocycles. The molecule has 0 bridgehead atoms. The number of amides is 2. The van der Waals surface area contributed by atoms with Crippen molar-refractivity contribution in [3.63, 3.8) is 0 Å². The average Bonchev–Trinajstić information content (AvgIpc) is 2.91. The number of carbonyl (C=O) groups excluding carboxylic acids is 2. The quantitative estimate of drug-likeness (QED) is 0.873. The number of halogens is 1. The van der Waals surface area contributed by atoms with Gasteiger partial charge in [0.25, 0.3) is 0 Å². The van der Waals surface area contributed by atoms with Gasteiger partial charge in [0.05, 0.1) is 12.8 Å². The molecule has 0 fully saturated rings. The highest BCUT2D eigenvalue weighted by atomic mass is 35.5. The molecule has 8 nitrogen and oxygen atoms in total. The van der Waals surface area contributed by atoms with Gasteiger partial charge in [0.15, 0.2) is 5.82 Å². The molecule has 2 aromatic rings. The maximum atomic E-state index is 12.0. The Morgan fingerprint density at radius 3 is 2.87 bits per heavy atom. The Hall–Kier alpha value is -2.61. The third kappa shape index (κ3) is 4.68. The first kappa shape index (κ1) is 16.8. The largest absolute Gasteiger partial charge is 0.450 e. The highest BCUT2D eigenvalue weighted by Crippen LogP contribution is 2.22. The molecule has 0 atom stereocenters. The molecule has 0 spiro atoms. The second-order valence-corrected chi connectivity index (χ2v) is 5.01.